The Kier molecular flexibility index (Phi) is 4.00. The fraction of sp³-hybridized carbons (Fsp3) is 0.267. The molecule has 0 spiro atoms. The van der Waals surface area contributed by atoms with Gasteiger partial charge in [0, 0.05) is 31.6 Å². The standard InChI is InChI=1S/C15H15ClN4O2S2/c16-12-4-5-13(23-12)24(21,22)15-10-2-1-3-11(14(10)18-19-15)20-8-6-17-7-9-20/h1-5,17H,6-9H2,(H,18,19). The van der Waals surface area contributed by atoms with Crippen molar-refractivity contribution in [3.05, 3.63) is 34.7 Å². The molecule has 9 heteroatoms. The van der Waals surface area contributed by atoms with E-state index in [-0.39, 0.29) is 9.24 Å². The number of sulfone groups is 1. The predicted octanol–water partition coefficient (Wildman–Crippen LogP) is 2.52. The highest BCUT2D eigenvalue weighted by atomic mass is 35.5. The number of hydrogen-bond donors (Lipinski definition) is 2. The number of rotatable bonds is 3. The molecule has 0 bridgehead atoms. The fourth-order valence-electron chi connectivity index (χ4n) is 2.91. The molecule has 1 aliphatic rings. The van der Waals surface area contributed by atoms with Gasteiger partial charge in [-0.1, -0.05) is 17.7 Å². The number of hydrogen-bond acceptors (Lipinski definition) is 6. The Hall–Kier alpha value is -1.61. The summed E-state index contributed by atoms with van der Waals surface area (Å²) in [7, 11) is -3.66. The molecule has 0 aliphatic carbocycles. The van der Waals surface area contributed by atoms with Gasteiger partial charge in [-0.25, -0.2) is 8.42 Å². The summed E-state index contributed by atoms with van der Waals surface area (Å²) >= 11 is 6.93. The Labute approximate surface area is 148 Å². The number of nitrogens with one attached hydrogen (secondary N) is 2. The maximum absolute atomic E-state index is 12.9. The highest BCUT2D eigenvalue weighted by Gasteiger charge is 2.26. The van der Waals surface area contributed by atoms with E-state index < -0.39 is 9.84 Å². The molecule has 1 saturated heterocycles. The van der Waals surface area contributed by atoms with E-state index in [9.17, 15) is 8.42 Å². The SMILES string of the molecule is O=S(=O)(c1ccc(Cl)s1)c1[nH]nc2c(N3CCNCC3)cccc12. The number of thiophene rings is 1. The Bertz CT molecular complexity index is 990. The van der Waals surface area contributed by atoms with E-state index in [1.54, 1.807) is 12.1 Å². The molecule has 0 radical (unpaired) electrons. The van der Waals surface area contributed by atoms with Crippen LogP contribution in [0.4, 0.5) is 5.69 Å². The quantitative estimate of drug-likeness (QED) is 0.727. The number of nitrogens with zero attached hydrogens (tertiary/aromatic N) is 2. The molecular formula is C15H15ClN4O2S2. The molecule has 3 aromatic rings. The minimum atomic E-state index is -3.66. The molecule has 1 fully saturated rings. The van der Waals surface area contributed by atoms with Gasteiger partial charge in [0.25, 0.3) is 0 Å². The lowest BCUT2D eigenvalue weighted by atomic mass is 10.2. The average Bonchev–Trinajstić information content (AvgIpc) is 3.22. The smallest absolute Gasteiger partial charge is 0.233 e. The van der Waals surface area contributed by atoms with Crippen LogP contribution < -0.4 is 10.2 Å². The fourth-order valence-corrected chi connectivity index (χ4v) is 5.85. The van der Waals surface area contributed by atoms with E-state index in [4.69, 9.17) is 11.6 Å². The maximum atomic E-state index is 12.9. The van der Waals surface area contributed by atoms with Gasteiger partial charge in [0.05, 0.1) is 10.0 Å². The highest BCUT2D eigenvalue weighted by Crippen LogP contribution is 2.35. The highest BCUT2D eigenvalue weighted by molar-refractivity contribution is 7.93. The summed E-state index contributed by atoms with van der Waals surface area (Å²) in [6.07, 6.45) is 0. The number of piperazine rings is 1. The first-order valence-corrected chi connectivity index (χ1v) is 10.2. The third-order valence-corrected chi connectivity index (χ3v) is 7.52. The van der Waals surface area contributed by atoms with Gasteiger partial charge < -0.3 is 10.2 Å². The summed E-state index contributed by atoms with van der Waals surface area (Å²) in [5, 5.41) is 11.1. The van der Waals surface area contributed by atoms with Gasteiger partial charge in [0.1, 0.15) is 9.73 Å². The van der Waals surface area contributed by atoms with Gasteiger partial charge in [-0.15, -0.1) is 11.3 Å². The monoisotopic (exact) mass is 382 g/mol. The topological polar surface area (TPSA) is 78.1 Å². The van der Waals surface area contributed by atoms with Crippen molar-refractivity contribution in [2.24, 2.45) is 0 Å². The molecule has 0 amide bonds. The molecule has 6 nitrogen and oxygen atoms in total. The van der Waals surface area contributed by atoms with Crippen LogP contribution in [0.25, 0.3) is 10.9 Å². The van der Waals surface area contributed by atoms with Crippen molar-refractivity contribution < 1.29 is 8.42 Å². The summed E-state index contributed by atoms with van der Waals surface area (Å²) in [6, 6.07) is 8.74. The molecule has 2 N–H and O–H groups in total. The largest absolute Gasteiger partial charge is 0.367 e. The molecule has 0 saturated carbocycles. The zero-order valence-corrected chi connectivity index (χ0v) is 15.0. The van der Waals surface area contributed by atoms with Gasteiger partial charge in [0.15, 0.2) is 5.03 Å². The first-order valence-electron chi connectivity index (χ1n) is 7.50. The number of aromatic amines is 1. The van der Waals surface area contributed by atoms with Crippen LogP contribution in [0.1, 0.15) is 0 Å². The first-order chi connectivity index (χ1) is 11.6. The maximum Gasteiger partial charge on any atom is 0.233 e. The molecule has 3 heterocycles. The number of halogens is 1. The molecular weight excluding hydrogens is 368 g/mol. The second-order valence-corrected chi connectivity index (χ2v) is 9.35. The number of aromatic nitrogens is 2. The number of para-hydroxylation sites is 1. The number of H-pyrrole nitrogens is 1. The van der Waals surface area contributed by atoms with E-state index in [2.05, 4.69) is 20.4 Å². The molecule has 0 atom stereocenters. The van der Waals surface area contributed by atoms with Crippen LogP contribution in [-0.4, -0.2) is 44.8 Å². The van der Waals surface area contributed by atoms with Crippen molar-refractivity contribution in [3.8, 4) is 0 Å². The minimum absolute atomic E-state index is 0.119. The normalized spacial score (nSPS) is 16.0. The number of fused-ring (bicyclic) bond motifs is 1. The Morgan fingerprint density at radius 3 is 2.67 bits per heavy atom. The van der Waals surface area contributed by atoms with E-state index in [0.29, 0.717) is 15.2 Å². The van der Waals surface area contributed by atoms with E-state index in [1.165, 1.54) is 6.07 Å². The van der Waals surface area contributed by atoms with Gasteiger partial charge in [0.2, 0.25) is 9.84 Å². The Morgan fingerprint density at radius 1 is 1.17 bits per heavy atom. The van der Waals surface area contributed by atoms with E-state index >= 15 is 0 Å². The second kappa shape index (κ2) is 6.03. The summed E-state index contributed by atoms with van der Waals surface area (Å²) in [4.78, 5) is 2.22. The lowest BCUT2D eigenvalue weighted by Gasteiger charge is -2.29. The van der Waals surface area contributed by atoms with Crippen molar-refractivity contribution in [3.63, 3.8) is 0 Å². The van der Waals surface area contributed by atoms with E-state index in [0.717, 1.165) is 43.2 Å². The molecule has 4 rings (SSSR count). The van der Waals surface area contributed by atoms with Gasteiger partial charge in [-0.2, -0.15) is 5.10 Å². The van der Waals surface area contributed by atoms with Crippen LogP contribution in [0.5, 0.6) is 0 Å². The van der Waals surface area contributed by atoms with Gasteiger partial charge >= 0.3 is 0 Å². The number of benzene rings is 1. The molecule has 0 unspecified atom stereocenters. The predicted molar refractivity (Wildman–Crippen MR) is 96.0 cm³/mol. The van der Waals surface area contributed by atoms with Crippen LogP contribution in [0.15, 0.2) is 39.6 Å². The molecule has 1 aromatic carbocycles. The van der Waals surface area contributed by atoms with Crippen molar-refractivity contribution in [2.45, 2.75) is 9.24 Å². The molecule has 1 aliphatic heterocycles. The summed E-state index contributed by atoms with van der Waals surface area (Å²) < 4.78 is 26.4. The third kappa shape index (κ3) is 2.59. The van der Waals surface area contributed by atoms with Crippen LogP contribution in [0.2, 0.25) is 4.34 Å². The van der Waals surface area contributed by atoms with Crippen molar-refractivity contribution in [1.29, 1.82) is 0 Å². The van der Waals surface area contributed by atoms with Crippen molar-refractivity contribution in [2.75, 3.05) is 31.1 Å². The number of anilines is 1. The Morgan fingerprint density at radius 2 is 1.96 bits per heavy atom. The second-order valence-electron chi connectivity index (χ2n) is 5.53. The summed E-state index contributed by atoms with van der Waals surface area (Å²) in [5.41, 5.74) is 1.64. The van der Waals surface area contributed by atoms with Gasteiger partial charge in [-0.3, -0.25) is 5.10 Å². The lowest BCUT2D eigenvalue weighted by Crippen LogP contribution is -2.43. The van der Waals surface area contributed by atoms with E-state index in [1.807, 2.05) is 12.1 Å². The van der Waals surface area contributed by atoms with Crippen LogP contribution in [-0.2, 0) is 9.84 Å². The first kappa shape index (κ1) is 15.9. The zero-order chi connectivity index (χ0) is 16.7. The van der Waals surface area contributed by atoms with Crippen molar-refractivity contribution in [1.82, 2.24) is 15.5 Å². The van der Waals surface area contributed by atoms with Crippen LogP contribution in [0, 0.1) is 0 Å². The summed E-state index contributed by atoms with van der Waals surface area (Å²) in [6.45, 7) is 3.54. The molecule has 2 aromatic heterocycles. The van der Waals surface area contributed by atoms with Gasteiger partial charge in [-0.05, 0) is 24.3 Å². The average molecular weight is 383 g/mol. The Balaban J connectivity index is 1.84. The molecule has 24 heavy (non-hydrogen) atoms. The van der Waals surface area contributed by atoms with Crippen LogP contribution >= 0.6 is 22.9 Å². The minimum Gasteiger partial charge on any atom is -0.367 e. The van der Waals surface area contributed by atoms with Crippen molar-refractivity contribution >= 4 is 49.4 Å². The molecule has 126 valence electrons. The summed E-state index contributed by atoms with van der Waals surface area (Å²) in [5.74, 6) is 0. The zero-order valence-electron chi connectivity index (χ0n) is 12.6. The lowest BCUT2D eigenvalue weighted by molar-refractivity contribution is 0.590. The third-order valence-electron chi connectivity index (χ3n) is 4.07. The van der Waals surface area contributed by atoms with Crippen LogP contribution in [0.3, 0.4) is 0 Å².